The molecule has 0 fully saturated rings. The van der Waals surface area contributed by atoms with E-state index in [1.165, 1.54) is 17.3 Å². The first kappa shape index (κ1) is 17.5. The van der Waals surface area contributed by atoms with Crippen LogP contribution in [0.1, 0.15) is 37.3 Å². The third kappa shape index (κ3) is 3.87. The third-order valence-corrected chi connectivity index (χ3v) is 5.57. The van der Waals surface area contributed by atoms with Crippen molar-refractivity contribution in [2.24, 2.45) is 0 Å². The number of carboxylic acid groups (broad SMARTS) is 1. The average molecular weight is 355 g/mol. The molecule has 25 heavy (non-hydrogen) atoms. The van der Waals surface area contributed by atoms with E-state index >= 15 is 0 Å². The van der Waals surface area contributed by atoms with Gasteiger partial charge in [-0.3, -0.25) is 9.59 Å². The number of aliphatic carboxylic acids is 1. The summed E-state index contributed by atoms with van der Waals surface area (Å²) in [5.74, 6) is -0.631. The molecule has 0 aliphatic carbocycles. The second-order valence-electron chi connectivity index (χ2n) is 6.49. The van der Waals surface area contributed by atoms with Gasteiger partial charge >= 0.3 is 5.97 Å². The normalized spacial score (nSPS) is 16.8. The van der Waals surface area contributed by atoms with Crippen LogP contribution in [0.25, 0.3) is 0 Å². The number of hydrogen-bond donors (Lipinski definition) is 1. The lowest BCUT2D eigenvalue weighted by Crippen LogP contribution is -2.41. The number of fused-ring (bicyclic) bond motifs is 1. The zero-order chi connectivity index (χ0) is 18.0. The van der Waals surface area contributed by atoms with Gasteiger partial charge in [0.2, 0.25) is 5.91 Å². The highest BCUT2D eigenvalue weighted by Crippen LogP contribution is 2.40. The molecule has 5 heteroatoms. The number of rotatable bonds is 5. The number of benzene rings is 2. The summed E-state index contributed by atoms with van der Waals surface area (Å²) in [7, 11) is 0. The maximum absolute atomic E-state index is 12.8. The van der Waals surface area contributed by atoms with Crippen molar-refractivity contribution in [3.8, 4) is 0 Å². The molecule has 1 aliphatic heterocycles. The molecular weight excluding hydrogens is 334 g/mol. The molecule has 0 radical (unpaired) electrons. The molecule has 1 N–H and O–H groups in total. The van der Waals surface area contributed by atoms with Crippen molar-refractivity contribution >= 4 is 29.3 Å². The summed E-state index contributed by atoms with van der Waals surface area (Å²) >= 11 is 1.34. The number of carbonyl (C=O) groups excluding carboxylic acids is 1. The first-order valence-electron chi connectivity index (χ1n) is 8.33. The number of carboxylic acids is 1. The van der Waals surface area contributed by atoms with Crippen LogP contribution in [0.5, 0.6) is 0 Å². The minimum atomic E-state index is -0.952. The largest absolute Gasteiger partial charge is 0.481 e. The van der Waals surface area contributed by atoms with Crippen molar-refractivity contribution in [3.63, 3.8) is 0 Å². The fourth-order valence-corrected chi connectivity index (χ4v) is 4.13. The summed E-state index contributed by atoms with van der Waals surface area (Å²) in [6.07, 6.45) is -0.166. The SMILES string of the molecule is CC(C)c1ccc(CN2C(=O)C(CC(=O)O)Sc3ccccc32)cc1. The standard InChI is InChI=1S/C20H21NO3S/c1-13(2)15-9-7-14(8-10-15)12-21-16-5-3-4-6-17(16)25-18(20(21)24)11-19(22)23/h3-10,13,18H,11-12H2,1-2H3,(H,22,23). The summed E-state index contributed by atoms with van der Waals surface area (Å²) in [5.41, 5.74) is 3.15. The Morgan fingerprint density at radius 1 is 1.16 bits per heavy atom. The number of amides is 1. The molecule has 2 aromatic rings. The van der Waals surface area contributed by atoms with E-state index in [1.54, 1.807) is 4.90 Å². The molecule has 1 heterocycles. The van der Waals surface area contributed by atoms with Gasteiger partial charge in [-0.25, -0.2) is 0 Å². The minimum Gasteiger partial charge on any atom is -0.481 e. The van der Waals surface area contributed by atoms with Crippen molar-refractivity contribution in [1.82, 2.24) is 0 Å². The van der Waals surface area contributed by atoms with E-state index in [0.717, 1.165) is 16.1 Å². The number of nitrogens with zero attached hydrogens (tertiary/aromatic N) is 1. The number of para-hydroxylation sites is 1. The lowest BCUT2D eigenvalue weighted by molar-refractivity contribution is -0.138. The Morgan fingerprint density at radius 3 is 2.48 bits per heavy atom. The van der Waals surface area contributed by atoms with E-state index < -0.39 is 11.2 Å². The fraction of sp³-hybridized carbons (Fsp3) is 0.300. The van der Waals surface area contributed by atoms with Crippen molar-refractivity contribution in [2.75, 3.05) is 4.90 Å². The van der Waals surface area contributed by atoms with Gasteiger partial charge in [0, 0.05) is 4.90 Å². The zero-order valence-electron chi connectivity index (χ0n) is 14.3. The van der Waals surface area contributed by atoms with Gasteiger partial charge in [-0.15, -0.1) is 11.8 Å². The highest BCUT2D eigenvalue weighted by molar-refractivity contribution is 8.01. The van der Waals surface area contributed by atoms with Gasteiger partial charge in [0.05, 0.1) is 23.9 Å². The fourth-order valence-electron chi connectivity index (χ4n) is 2.92. The summed E-state index contributed by atoms with van der Waals surface area (Å²) in [5, 5.41) is 8.52. The number of carbonyl (C=O) groups is 2. The highest BCUT2D eigenvalue weighted by Gasteiger charge is 2.34. The van der Waals surface area contributed by atoms with E-state index in [-0.39, 0.29) is 12.3 Å². The zero-order valence-corrected chi connectivity index (χ0v) is 15.1. The summed E-state index contributed by atoms with van der Waals surface area (Å²) in [6.45, 7) is 4.74. The van der Waals surface area contributed by atoms with Crippen LogP contribution in [0.2, 0.25) is 0 Å². The molecule has 1 amide bonds. The number of hydrogen-bond acceptors (Lipinski definition) is 3. The van der Waals surface area contributed by atoms with E-state index in [1.807, 2.05) is 36.4 Å². The molecule has 2 aromatic carbocycles. The molecule has 3 rings (SSSR count). The Labute approximate surface area is 151 Å². The topological polar surface area (TPSA) is 57.6 Å². The van der Waals surface area contributed by atoms with Crippen LogP contribution in [0, 0.1) is 0 Å². The van der Waals surface area contributed by atoms with Gasteiger partial charge < -0.3 is 10.0 Å². The van der Waals surface area contributed by atoms with Crippen LogP contribution in [0.4, 0.5) is 5.69 Å². The van der Waals surface area contributed by atoms with Crippen LogP contribution in [0.15, 0.2) is 53.4 Å². The van der Waals surface area contributed by atoms with Crippen LogP contribution in [-0.2, 0) is 16.1 Å². The first-order chi connectivity index (χ1) is 12.0. The number of thioether (sulfide) groups is 1. The molecule has 4 nitrogen and oxygen atoms in total. The Bertz CT molecular complexity index is 786. The molecule has 0 spiro atoms. The molecular formula is C20H21NO3S. The lowest BCUT2D eigenvalue weighted by Gasteiger charge is -2.33. The van der Waals surface area contributed by atoms with Crippen molar-refractivity contribution in [2.45, 2.75) is 42.9 Å². The Kier molecular flexibility index (Phi) is 5.13. The van der Waals surface area contributed by atoms with Crippen molar-refractivity contribution in [1.29, 1.82) is 0 Å². The molecule has 0 saturated heterocycles. The van der Waals surface area contributed by atoms with Crippen LogP contribution < -0.4 is 4.90 Å². The third-order valence-electron chi connectivity index (χ3n) is 4.31. The smallest absolute Gasteiger partial charge is 0.305 e. The van der Waals surface area contributed by atoms with Crippen molar-refractivity contribution < 1.29 is 14.7 Å². The van der Waals surface area contributed by atoms with Crippen LogP contribution in [0.3, 0.4) is 0 Å². The average Bonchev–Trinajstić information content (AvgIpc) is 2.58. The van der Waals surface area contributed by atoms with Crippen molar-refractivity contribution in [3.05, 3.63) is 59.7 Å². The maximum atomic E-state index is 12.8. The summed E-state index contributed by atoms with van der Waals surface area (Å²) in [4.78, 5) is 26.6. The minimum absolute atomic E-state index is 0.140. The van der Waals surface area contributed by atoms with Gasteiger partial charge in [-0.2, -0.15) is 0 Å². The Hall–Kier alpha value is -2.27. The molecule has 1 atom stereocenters. The van der Waals surface area contributed by atoms with E-state index in [4.69, 9.17) is 5.11 Å². The molecule has 1 aliphatic rings. The molecule has 0 bridgehead atoms. The second-order valence-corrected chi connectivity index (χ2v) is 7.74. The Morgan fingerprint density at radius 2 is 1.84 bits per heavy atom. The maximum Gasteiger partial charge on any atom is 0.305 e. The first-order valence-corrected chi connectivity index (χ1v) is 9.21. The lowest BCUT2D eigenvalue weighted by atomic mass is 10.0. The molecule has 0 saturated carbocycles. The van der Waals surface area contributed by atoms with Crippen LogP contribution >= 0.6 is 11.8 Å². The van der Waals surface area contributed by atoms with Crippen LogP contribution in [-0.4, -0.2) is 22.2 Å². The van der Waals surface area contributed by atoms with Gasteiger partial charge in [0.1, 0.15) is 0 Å². The van der Waals surface area contributed by atoms with E-state index in [0.29, 0.717) is 12.5 Å². The second kappa shape index (κ2) is 7.31. The molecule has 0 aromatic heterocycles. The number of anilines is 1. The van der Waals surface area contributed by atoms with Gasteiger partial charge in [0.15, 0.2) is 0 Å². The summed E-state index contributed by atoms with van der Waals surface area (Å²) < 4.78 is 0. The van der Waals surface area contributed by atoms with Gasteiger partial charge in [-0.1, -0.05) is 50.2 Å². The summed E-state index contributed by atoms with van der Waals surface area (Å²) in [6, 6.07) is 15.9. The monoisotopic (exact) mass is 355 g/mol. The quantitative estimate of drug-likeness (QED) is 0.869. The van der Waals surface area contributed by atoms with E-state index in [2.05, 4.69) is 26.0 Å². The highest BCUT2D eigenvalue weighted by atomic mass is 32.2. The van der Waals surface area contributed by atoms with E-state index in [9.17, 15) is 9.59 Å². The molecule has 130 valence electrons. The van der Waals surface area contributed by atoms with Gasteiger partial charge in [-0.05, 0) is 29.2 Å². The predicted molar refractivity (Wildman–Crippen MR) is 100 cm³/mol. The molecule has 1 unspecified atom stereocenters. The predicted octanol–water partition coefficient (Wildman–Crippen LogP) is 4.29. The van der Waals surface area contributed by atoms with Gasteiger partial charge in [0.25, 0.3) is 0 Å². The Balaban J connectivity index is 1.89.